The number of hydrogen-bond donors (Lipinski definition) is 3. The van der Waals surface area contributed by atoms with Crippen molar-refractivity contribution in [3.63, 3.8) is 0 Å². The van der Waals surface area contributed by atoms with E-state index in [9.17, 15) is 4.79 Å². The molecular weight excluding hydrogens is 462 g/mol. The highest BCUT2D eigenvalue weighted by atomic mass is 35.5. The fourth-order valence-electron chi connectivity index (χ4n) is 4.46. The summed E-state index contributed by atoms with van der Waals surface area (Å²) < 4.78 is 1.96. The highest BCUT2D eigenvalue weighted by molar-refractivity contribution is 6.06. The molecule has 4 N–H and O–H groups in total. The van der Waals surface area contributed by atoms with E-state index in [2.05, 4.69) is 34.4 Å². The Labute approximate surface area is 210 Å². The van der Waals surface area contributed by atoms with Gasteiger partial charge >= 0.3 is 0 Å². The van der Waals surface area contributed by atoms with E-state index >= 15 is 0 Å². The second kappa shape index (κ2) is 10.4. The van der Waals surface area contributed by atoms with Crippen LogP contribution in [0.25, 0.3) is 22.3 Å². The summed E-state index contributed by atoms with van der Waals surface area (Å²) in [6.07, 6.45) is 3.57. The number of nitrogens with one attached hydrogen (secondary N) is 2. The normalized spacial score (nSPS) is 15.7. The van der Waals surface area contributed by atoms with Gasteiger partial charge in [-0.25, -0.2) is 14.6 Å². The van der Waals surface area contributed by atoms with Crippen LogP contribution in [0.4, 0.5) is 11.5 Å². The van der Waals surface area contributed by atoms with Crippen molar-refractivity contribution in [3.05, 3.63) is 66.0 Å². The first-order chi connectivity index (χ1) is 16.5. The Morgan fingerprint density at radius 1 is 1.17 bits per heavy atom. The van der Waals surface area contributed by atoms with Gasteiger partial charge in [-0.15, -0.1) is 12.4 Å². The first-order valence-electron chi connectivity index (χ1n) is 11.7. The molecule has 2 aromatic carbocycles. The minimum absolute atomic E-state index is 0. The molecule has 4 aromatic rings. The highest BCUT2D eigenvalue weighted by Crippen LogP contribution is 2.33. The van der Waals surface area contributed by atoms with Gasteiger partial charge in [0.15, 0.2) is 5.65 Å². The molecule has 35 heavy (non-hydrogen) atoms. The van der Waals surface area contributed by atoms with Crippen LogP contribution in [0.1, 0.15) is 54.6 Å². The third-order valence-electron chi connectivity index (χ3n) is 6.37. The van der Waals surface area contributed by atoms with E-state index < -0.39 is 0 Å². The topological polar surface area (TPSA) is 111 Å². The predicted molar refractivity (Wildman–Crippen MR) is 142 cm³/mol. The van der Waals surface area contributed by atoms with Crippen LogP contribution in [0, 0.1) is 0 Å². The van der Waals surface area contributed by atoms with Crippen molar-refractivity contribution in [1.29, 1.82) is 0 Å². The summed E-state index contributed by atoms with van der Waals surface area (Å²) in [6, 6.07) is 15.6. The van der Waals surface area contributed by atoms with Crippen LogP contribution >= 0.6 is 12.4 Å². The molecule has 1 amide bonds. The first kappa shape index (κ1) is 24.6. The van der Waals surface area contributed by atoms with Crippen molar-refractivity contribution in [2.45, 2.75) is 38.6 Å². The number of carbonyl (C=O) groups is 1. The Hall–Kier alpha value is -3.49. The Balaban J connectivity index is 0.00000289. The first-order valence-corrected chi connectivity index (χ1v) is 11.7. The van der Waals surface area contributed by atoms with Crippen LogP contribution in [-0.2, 0) is 0 Å². The number of aromatic nitrogens is 4. The molecule has 0 saturated carbocycles. The molecule has 5 rings (SSSR count). The number of nitrogens with two attached hydrogens (primary N) is 1. The lowest BCUT2D eigenvalue weighted by Gasteiger charge is -2.23. The van der Waals surface area contributed by atoms with Crippen molar-refractivity contribution in [3.8, 4) is 11.3 Å². The Kier molecular flexibility index (Phi) is 7.33. The number of amides is 1. The molecular formula is C26H30ClN7O. The maximum atomic E-state index is 13.0. The molecule has 182 valence electrons. The molecule has 0 spiro atoms. The summed E-state index contributed by atoms with van der Waals surface area (Å²) in [6.45, 7) is 6.13. The number of hydrogen-bond acceptors (Lipinski definition) is 6. The zero-order chi connectivity index (χ0) is 23.7. The van der Waals surface area contributed by atoms with Gasteiger partial charge in [-0.3, -0.25) is 4.79 Å². The SMILES string of the molecule is CC(C)c1ccc(NC(=O)c2cccc(-c3nn(C4CCCNC4)c4ncnc(N)c34)c2)cc1.Cl. The molecule has 3 heterocycles. The summed E-state index contributed by atoms with van der Waals surface area (Å²) in [5.74, 6) is 0.649. The maximum absolute atomic E-state index is 13.0. The monoisotopic (exact) mass is 491 g/mol. The van der Waals surface area contributed by atoms with Crippen molar-refractivity contribution in [2.24, 2.45) is 0 Å². The lowest BCUT2D eigenvalue weighted by Crippen LogP contribution is -2.32. The highest BCUT2D eigenvalue weighted by Gasteiger charge is 2.24. The number of fused-ring (bicyclic) bond motifs is 1. The van der Waals surface area contributed by atoms with E-state index in [1.165, 1.54) is 11.9 Å². The summed E-state index contributed by atoms with van der Waals surface area (Å²) >= 11 is 0. The molecule has 1 unspecified atom stereocenters. The van der Waals surface area contributed by atoms with Gasteiger partial charge < -0.3 is 16.4 Å². The van der Waals surface area contributed by atoms with Crippen LogP contribution < -0.4 is 16.4 Å². The third-order valence-corrected chi connectivity index (χ3v) is 6.37. The zero-order valence-corrected chi connectivity index (χ0v) is 20.7. The van der Waals surface area contributed by atoms with Gasteiger partial charge in [-0.2, -0.15) is 5.10 Å². The summed E-state index contributed by atoms with van der Waals surface area (Å²) in [5, 5.41) is 12.1. The van der Waals surface area contributed by atoms with Crippen LogP contribution in [0.3, 0.4) is 0 Å². The van der Waals surface area contributed by atoms with E-state index in [1.807, 2.05) is 47.1 Å². The van der Waals surface area contributed by atoms with Crippen molar-refractivity contribution in [2.75, 3.05) is 24.1 Å². The van der Waals surface area contributed by atoms with Crippen LogP contribution in [0.5, 0.6) is 0 Å². The Morgan fingerprint density at radius 3 is 2.69 bits per heavy atom. The molecule has 1 saturated heterocycles. The molecule has 0 radical (unpaired) electrons. The molecule has 0 aliphatic carbocycles. The maximum Gasteiger partial charge on any atom is 0.255 e. The standard InChI is InChI=1S/C26H29N7O.ClH/c1-16(2)17-8-10-20(11-9-17)31-26(34)19-6-3-5-18(13-19)23-22-24(27)29-15-30-25(22)33(32-23)21-7-4-12-28-14-21;/h3,5-6,8-11,13,15-16,21,28H,4,7,12,14H2,1-2H3,(H,31,34)(H2,27,29,30);1H. The van der Waals surface area contributed by atoms with E-state index in [0.717, 1.165) is 48.2 Å². The van der Waals surface area contributed by atoms with Crippen LogP contribution in [-0.4, -0.2) is 38.7 Å². The van der Waals surface area contributed by atoms with Gasteiger partial charge in [0.25, 0.3) is 5.91 Å². The van der Waals surface area contributed by atoms with E-state index in [-0.39, 0.29) is 24.4 Å². The summed E-state index contributed by atoms with van der Waals surface area (Å²) in [7, 11) is 0. The summed E-state index contributed by atoms with van der Waals surface area (Å²) in [5.41, 5.74) is 11.0. The number of carbonyl (C=O) groups excluding carboxylic acids is 1. The van der Waals surface area contributed by atoms with Gasteiger partial charge in [-0.1, -0.05) is 38.1 Å². The molecule has 1 aliphatic rings. The molecule has 2 aromatic heterocycles. The Morgan fingerprint density at radius 2 is 1.97 bits per heavy atom. The zero-order valence-electron chi connectivity index (χ0n) is 19.9. The second-order valence-electron chi connectivity index (χ2n) is 9.06. The smallest absolute Gasteiger partial charge is 0.255 e. The predicted octanol–water partition coefficient (Wildman–Crippen LogP) is 4.80. The fourth-order valence-corrected chi connectivity index (χ4v) is 4.46. The minimum Gasteiger partial charge on any atom is -0.383 e. The lowest BCUT2D eigenvalue weighted by molar-refractivity contribution is 0.102. The van der Waals surface area contributed by atoms with Gasteiger partial charge in [0.1, 0.15) is 17.8 Å². The van der Waals surface area contributed by atoms with Crippen molar-refractivity contribution < 1.29 is 4.79 Å². The quantitative estimate of drug-likeness (QED) is 0.370. The van der Waals surface area contributed by atoms with Gasteiger partial charge in [0.2, 0.25) is 0 Å². The molecule has 8 nitrogen and oxygen atoms in total. The molecule has 0 bridgehead atoms. The number of nitrogen functional groups attached to an aromatic ring is 1. The van der Waals surface area contributed by atoms with Crippen LogP contribution in [0.2, 0.25) is 0 Å². The van der Waals surface area contributed by atoms with Gasteiger partial charge in [0.05, 0.1) is 11.4 Å². The van der Waals surface area contributed by atoms with Crippen LogP contribution in [0.15, 0.2) is 54.9 Å². The molecule has 1 fully saturated rings. The average molecular weight is 492 g/mol. The average Bonchev–Trinajstić information content (AvgIpc) is 3.26. The van der Waals surface area contributed by atoms with E-state index in [0.29, 0.717) is 23.0 Å². The van der Waals surface area contributed by atoms with Gasteiger partial charge in [0, 0.05) is 23.4 Å². The van der Waals surface area contributed by atoms with E-state index in [4.69, 9.17) is 10.8 Å². The second-order valence-corrected chi connectivity index (χ2v) is 9.06. The Bertz CT molecular complexity index is 1330. The molecule has 1 aliphatic heterocycles. The minimum atomic E-state index is -0.177. The largest absolute Gasteiger partial charge is 0.383 e. The number of rotatable bonds is 5. The molecule has 1 atom stereocenters. The number of piperidine rings is 1. The van der Waals surface area contributed by atoms with E-state index in [1.54, 1.807) is 6.07 Å². The third kappa shape index (κ3) is 4.99. The number of anilines is 2. The number of benzene rings is 2. The number of nitrogens with zero attached hydrogens (tertiary/aromatic N) is 4. The van der Waals surface area contributed by atoms with Crippen molar-refractivity contribution in [1.82, 2.24) is 25.1 Å². The van der Waals surface area contributed by atoms with Gasteiger partial charge in [-0.05, 0) is 55.1 Å². The fraction of sp³-hybridized carbons (Fsp3) is 0.308. The lowest BCUT2D eigenvalue weighted by atomic mass is 10.0. The number of halogens is 1. The summed E-state index contributed by atoms with van der Waals surface area (Å²) in [4.78, 5) is 21.7. The van der Waals surface area contributed by atoms with Crippen molar-refractivity contribution >= 4 is 40.9 Å². The molecule has 9 heteroatoms.